The van der Waals surface area contributed by atoms with Gasteiger partial charge in [-0.2, -0.15) is 0 Å². The van der Waals surface area contributed by atoms with Gasteiger partial charge in [-0.05, 0) is 32.9 Å². The maximum Gasteiger partial charge on any atom is 0.200 e. The van der Waals surface area contributed by atoms with Crippen molar-refractivity contribution in [3.05, 3.63) is 106 Å². The SMILES string of the molecule is CC(C)(C)c1ccc(C(=O)P(C(=O)c2ccc(C(C)(C)C)cc2)C(=O)c2ccc(C(C)(C)C)cc2)cc1. The van der Waals surface area contributed by atoms with Crippen LogP contribution in [0.4, 0.5) is 0 Å². The number of benzene rings is 3. The van der Waals surface area contributed by atoms with Gasteiger partial charge in [0.1, 0.15) is 7.92 Å². The molecule has 0 bridgehead atoms. The number of carbonyl (C=O) groups is 3. The quantitative estimate of drug-likeness (QED) is 0.309. The van der Waals surface area contributed by atoms with Crippen LogP contribution in [-0.4, -0.2) is 16.6 Å². The lowest BCUT2D eigenvalue weighted by atomic mass is 9.87. The summed E-state index contributed by atoms with van der Waals surface area (Å²) in [5.41, 5.74) is 2.98. The Labute approximate surface area is 223 Å². The van der Waals surface area contributed by atoms with Crippen molar-refractivity contribution in [3.63, 3.8) is 0 Å². The number of hydrogen-bond donors (Lipinski definition) is 0. The third-order valence-electron chi connectivity index (χ3n) is 6.60. The van der Waals surface area contributed by atoms with Crippen LogP contribution in [0.5, 0.6) is 0 Å². The monoisotopic (exact) mass is 514 g/mol. The van der Waals surface area contributed by atoms with Crippen LogP contribution in [-0.2, 0) is 16.2 Å². The largest absolute Gasteiger partial charge is 0.288 e. The zero-order valence-corrected chi connectivity index (χ0v) is 24.5. The summed E-state index contributed by atoms with van der Waals surface area (Å²) in [6.45, 7) is 18.9. The summed E-state index contributed by atoms with van der Waals surface area (Å²) in [6.07, 6.45) is 0. The molecule has 0 amide bonds. The van der Waals surface area contributed by atoms with Crippen molar-refractivity contribution in [2.45, 2.75) is 78.6 Å². The zero-order chi connectivity index (χ0) is 27.8. The second-order valence-corrected chi connectivity index (χ2v) is 14.6. The van der Waals surface area contributed by atoms with Crippen molar-refractivity contribution >= 4 is 24.5 Å². The summed E-state index contributed by atoms with van der Waals surface area (Å²) < 4.78 is 0. The molecule has 0 spiro atoms. The molecule has 3 nitrogen and oxygen atoms in total. The molecule has 0 aliphatic heterocycles. The highest BCUT2D eigenvalue weighted by atomic mass is 31.1. The molecule has 0 aliphatic rings. The lowest BCUT2D eigenvalue weighted by molar-refractivity contribution is 0.102. The summed E-state index contributed by atoms with van der Waals surface area (Å²) >= 11 is 0. The van der Waals surface area contributed by atoms with Gasteiger partial charge < -0.3 is 0 Å². The molecule has 0 unspecified atom stereocenters. The van der Waals surface area contributed by atoms with Gasteiger partial charge in [-0.25, -0.2) is 0 Å². The summed E-state index contributed by atoms with van der Waals surface area (Å²) in [6, 6.07) is 21.9. The summed E-state index contributed by atoms with van der Waals surface area (Å²) in [5, 5.41) is 0. The Balaban J connectivity index is 2.04. The van der Waals surface area contributed by atoms with Crippen LogP contribution in [0.3, 0.4) is 0 Å². The molecule has 0 heterocycles. The predicted molar refractivity (Wildman–Crippen MR) is 155 cm³/mol. The summed E-state index contributed by atoms with van der Waals surface area (Å²) in [7, 11) is -2.30. The summed E-state index contributed by atoms with van der Waals surface area (Å²) in [5.74, 6) is 0. The Hall–Kier alpha value is -2.90. The highest BCUT2D eigenvalue weighted by molar-refractivity contribution is 8.03. The molecule has 0 aromatic heterocycles. The number of hydrogen-bond acceptors (Lipinski definition) is 3. The molecule has 0 N–H and O–H groups in total. The predicted octanol–water partition coefficient (Wildman–Crippen LogP) is 8.88. The van der Waals surface area contributed by atoms with E-state index in [9.17, 15) is 14.4 Å². The van der Waals surface area contributed by atoms with Crippen LogP contribution in [0.1, 0.15) is 110 Å². The maximum atomic E-state index is 13.8. The molecular weight excluding hydrogens is 475 g/mol. The average molecular weight is 515 g/mol. The van der Waals surface area contributed by atoms with E-state index >= 15 is 0 Å². The second-order valence-electron chi connectivity index (χ2n) is 12.7. The topological polar surface area (TPSA) is 51.2 Å². The van der Waals surface area contributed by atoms with E-state index in [4.69, 9.17) is 0 Å². The molecule has 0 saturated carbocycles. The van der Waals surface area contributed by atoms with Gasteiger partial charge in [0, 0.05) is 16.7 Å². The van der Waals surface area contributed by atoms with Crippen LogP contribution < -0.4 is 0 Å². The van der Waals surface area contributed by atoms with E-state index in [1.165, 1.54) is 0 Å². The van der Waals surface area contributed by atoms with E-state index in [1.807, 2.05) is 36.4 Å². The minimum absolute atomic E-state index is 0.0679. The van der Waals surface area contributed by atoms with Gasteiger partial charge in [0.2, 0.25) is 0 Å². The normalized spacial score (nSPS) is 12.5. The van der Waals surface area contributed by atoms with E-state index in [0.717, 1.165) is 16.7 Å². The fraction of sp³-hybridized carbons (Fsp3) is 0.364. The van der Waals surface area contributed by atoms with Crippen molar-refractivity contribution in [3.8, 4) is 0 Å². The first-order valence-electron chi connectivity index (χ1n) is 12.7. The molecule has 0 radical (unpaired) electrons. The highest BCUT2D eigenvalue weighted by Crippen LogP contribution is 2.47. The van der Waals surface area contributed by atoms with E-state index < -0.39 is 24.5 Å². The van der Waals surface area contributed by atoms with Crippen molar-refractivity contribution < 1.29 is 14.4 Å². The molecule has 3 aromatic carbocycles. The van der Waals surface area contributed by atoms with Crippen molar-refractivity contribution in [2.75, 3.05) is 0 Å². The lowest BCUT2D eigenvalue weighted by Crippen LogP contribution is -2.16. The van der Waals surface area contributed by atoms with E-state index in [-0.39, 0.29) is 16.2 Å². The van der Waals surface area contributed by atoms with Crippen molar-refractivity contribution in [1.82, 2.24) is 0 Å². The van der Waals surface area contributed by atoms with Crippen LogP contribution in [0.25, 0.3) is 0 Å². The second kappa shape index (κ2) is 10.5. The average Bonchev–Trinajstić information content (AvgIpc) is 2.82. The van der Waals surface area contributed by atoms with Crippen molar-refractivity contribution in [1.29, 1.82) is 0 Å². The van der Waals surface area contributed by atoms with Crippen molar-refractivity contribution in [2.24, 2.45) is 0 Å². The van der Waals surface area contributed by atoms with Gasteiger partial charge >= 0.3 is 0 Å². The number of rotatable bonds is 6. The zero-order valence-electron chi connectivity index (χ0n) is 23.6. The molecule has 3 rings (SSSR count). The Morgan fingerprint density at radius 3 is 0.757 bits per heavy atom. The fourth-order valence-corrected chi connectivity index (χ4v) is 5.78. The van der Waals surface area contributed by atoms with E-state index in [1.54, 1.807) is 36.4 Å². The Bertz CT molecular complexity index is 1110. The first kappa shape index (κ1) is 28.7. The molecule has 194 valence electrons. The van der Waals surface area contributed by atoms with Gasteiger partial charge in [0.05, 0.1) is 0 Å². The summed E-state index contributed by atoms with van der Waals surface area (Å²) in [4.78, 5) is 41.3. The smallest absolute Gasteiger partial charge is 0.200 e. The van der Waals surface area contributed by atoms with Gasteiger partial charge in [-0.15, -0.1) is 0 Å². The van der Waals surface area contributed by atoms with Gasteiger partial charge in [-0.1, -0.05) is 135 Å². The Morgan fingerprint density at radius 2 is 0.595 bits per heavy atom. The minimum atomic E-state index is -2.30. The third kappa shape index (κ3) is 6.70. The van der Waals surface area contributed by atoms with Gasteiger partial charge in [-0.3, -0.25) is 14.4 Å². The molecule has 0 saturated heterocycles. The van der Waals surface area contributed by atoms with Crippen LogP contribution in [0.2, 0.25) is 0 Å². The first-order valence-corrected chi connectivity index (χ1v) is 14.1. The molecule has 37 heavy (non-hydrogen) atoms. The first-order chi connectivity index (χ1) is 17.0. The van der Waals surface area contributed by atoms with Gasteiger partial charge in [0.15, 0.2) is 16.6 Å². The van der Waals surface area contributed by atoms with Crippen LogP contribution in [0.15, 0.2) is 72.8 Å². The molecule has 0 atom stereocenters. The van der Waals surface area contributed by atoms with Gasteiger partial charge in [0.25, 0.3) is 0 Å². The van der Waals surface area contributed by atoms with E-state index in [2.05, 4.69) is 62.3 Å². The highest BCUT2D eigenvalue weighted by Gasteiger charge is 2.36. The lowest BCUT2D eigenvalue weighted by Gasteiger charge is -2.21. The molecule has 0 aliphatic carbocycles. The third-order valence-corrected chi connectivity index (χ3v) is 8.60. The fourth-order valence-electron chi connectivity index (χ4n) is 4.00. The molecule has 3 aromatic rings. The van der Waals surface area contributed by atoms with Crippen LogP contribution in [0, 0.1) is 0 Å². The molecule has 4 heteroatoms. The maximum absolute atomic E-state index is 13.8. The Kier molecular flexibility index (Phi) is 8.11. The minimum Gasteiger partial charge on any atom is -0.288 e. The standard InChI is InChI=1S/C33H39O3P/c1-31(2,3)25-16-10-22(11-17-25)28(34)37(29(35)23-12-18-26(19-13-23)32(4,5)6)30(36)24-14-20-27(21-15-24)33(7,8)9/h10-21H,1-9H3. The molecular formula is C33H39O3P. The molecule has 0 fully saturated rings. The number of carbonyl (C=O) groups excluding carboxylic acids is 3. The Morgan fingerprint density at radius 1 is 0.405 bits per heavy atom. The van der Waals surface area contributed by atoms with Crippen LogP contribution >= 0.6 is 7.92 Å². The van der Waals surface area contributed by atoms with E-state index in [0.29, 0.717) is 16.7 Å².